The summed E-state index contributed by atoms with van der Waals surface area (Å²) in [4.78, 5) is 4.09. The number of nitrogens with one attached hydrogen (secondary N) is 1. The van der Waals surface area contributed by atoms with Gasteiger partial charge in [0.05, 0.1) is 6.61 Å². The highest BCUT2D eigenvalue weighted by atomic mass is 35.5. The van der Waals surface area contributed by atoms with Crippen molar-refractivity contribution in [2.24, 2.45) is 0 Å². The zero-order valence-electron chi connectivity index (χ0n) is 7.32. The second-order valence-electron chi connectivity index (χ2n) is 2.74. The van der Waals surface area contributed by atoms with E-state index in [0.717, 1.165) is 13.1 Å². The van der Waals surface area contributed by atoms with Crippen molar-refractivity contribution in [3.63, 3.8) is 0 Å². The highest BCUT2D eigenvalue weighted by Gasteiger charge is 2.20. The van der Waals surface area contributed by atoms with E-state index < -0.39 is 0 Å². The maximum Gasteiger partial charge on any atom is 0.223 e. The van der Waals surface area contributed by atoms with E-state index in [1.807, 2.05) is 0 Å². The number of nitrogens with zero attached hydrogens (tertiary/aromatic N) is 2. The first kappa shape index (κ1) is 10.4. The lowest BCUT2D eigenvalue weighted by Gasteiger charge is -2.20. The van der Waals surface area contributed by atoms with E-state index >= 15 is 0 Å². The average molecular weight is 206 g/mol. The predicted octanol–water partition coefficient (Wildman–Crippen LogP) is 0.461. The number of morpholine rings is 1. The summed E-state index contributed by atoms with van der Waals surface area (Å²) in [7, 11) is 0. The number of ether oxygens (including phenoxy) is 1. The fourth-order valence-electron chi connectivity index (χ4n) is 1.18. The van der Waals surface area contributed by atoms with Crippen molar-refractivity contribution in [2.45, 2.75) is 13.0 Å². The largest absolute Gasteiger partial charge is 0.367 e. The minimum Gasteiger partial charge on any atom is -0.367 e. The molecule has 0 aliphatic carbocycles. The summed E-state index contributed by atoms with van der Waals surface area (Å²) in [6, 6.07) is 0. The van der Waals surface area contributed by atoms with Crippen LogP contribution in [0.4, 0.5) is 0 Å². The molecule has 0 amide bonds. The van der Waals surface area contributed by atoms with Gasteiger partial charge in [-0.2, -0.15) is 4.98 Å². The molecular weight excluding hydrogens is 194 g/mol. The Hall–Kier alpha value is -0.650. The van der Waals surface area contributed by atoms with Crippen molar-refractivity contribution in [1.82, 2.24) is 15.5 Å². The minimum absolute atomic E-state index is 0. The number of hydrogen-bond acceptors (Lipinski definition) is 5. The first-order valence-electron chi connectivity index (χ1n) is 3.99. The van der Waals surface area contributed by atoms with Crippen LogP contribution in [0.5, 0.6) is 0 Å². The van der Waals surface area contributed by atoms with Gasteiger partial charge in [0.25, 0.3) is 0 Å². The molecule has 0 saturated carbocycles. The average Bonchev–Trinajstić information content (AvgIpc) is 2.54. The van der Waals surface area contributed by atoms with E-state index in [1.54, 1.807) is 6.92 Å². The van der Waals surface area contributed by atoms with Gasteiger partial charge in [0, 0.05) is 20.0 Å². The van der Waals surface area contributed by atoms with Gasteiger partial charge in [-0.15, -0.1) is 12.4 Å². The Kier molecular flexibility index (Phi) is 3.65. The first-order chi connectivity index (χ1) is 5.86. The lowest BCUT2D eigenvalue weighted by atomic mass is 10.3. The van der Waals surface area contributed by atoms with Crippen LogP contribution in [0.2, 0.25) is 0 Å². The molecule has 0 aromatic carbocycles. The van der Waals surface area contributed by atoms with Crippen molar-refractivity contribution >= 4 is 12.4 Å². The normalized spacial score (nSPS) is 22.4. The standard InChI is InChI=1S/C7H11N3O2.ClH/c1-5-9-7(10-12-5)6-4-8-2-3-11-6;/h6,8H,2-4H2,1H3;1H. The Morgan fingerprint density at radius 1 is 1.54 bits per heavy atom. The molecule has 5 nitrogen and oxygen atoms in total. The van der Waals surface area contributed by atoms with Gasteiger partial charge in [0.2, 0.25) is 11.7 Å². The summed E-state index contributed by atoms with van der Waals surface area (Å²) in [6.45, 7) is 4.14. The Morgan fingerprint density at radius 3 is 2.92 bits per heavy atom. The SMILES string of the molecule is Cc1nc(C2CNCCO2)no1.Cl. The Bertz CT molecular complexity index is 260. The van der Waals surface area contributed by atoms with Crippen LogP contribution >= 0.6 is 12.4 Å². The molecule has 2 rings (SSSR count). The molecule has 1 unspecified atom stereocenters. The van der Waals surface area contributed by atoms with Crippen LogP contribution < -0.4 is 5.32 Å². The van der Waals surface area contributed by atoms with E-state index in [4.69, 9.17) is 9.26 Å². The molecule has 1 aliphatic rings. The van der Waals surface area contributed by atoms with Gasteiger partial charge in [-0.25, -0.2) is 0 Å². The number of aryl methyl sites for hydroxylation is 1. The predicted molar refractivity (Wildman–Crippen MR) is 47.8 cm³/mol. The van der Waals surface area contributed by atoms with E-state index in [9.17, 15) is 0 Å². The number of hydrogen-bond donors (Lipinski definition) is 1. The Balaban J connectivity index is 0.000000845. The van der Waals surface area contributed by atoms with Gasteiger partial charge >= 0.3 is 0 Å². The molecule has 0 bridgehead atoms. The van der Waals surface area contributed by atoms with Crippen LogP contribution in [-0.4, -0.2) is 29.8 Å². The van der Waals surface area contributed by atoms with E-state index in [-0.39, 0.29) is 18.5 Å². The molecule has 0 radical (unpaired) electrons. The second kappa shape index (κ2) is 4.55. The topological polar surface area (TPSA) is 60.2 Å². The molecule has 1 atom stereocenters. The fourth-order valence-corrected chi connectivity index (χ4v) is 1.18. The molecule has 74 valence electrons. The molecule has 1 aromatic heterocycles. The lowest BCUT2D eigenvalue weighted by molar-refractivity contribution is 0.0208. The summed E-state index contributed by atoms with van der Waals surface area (Å²) >= 11 is 0. The van der Waals surface area contributed by atoms with Gasteiger partial charge in [-0.3, -0.25) is 0 Å². The van der Waals surface area contributed by atoms with Gasteiger partial charge in [-0.05, 0) is 0 Å². The van der Waals surface area contributed by atoms with E-state index in [2.05, 4.69) is 15.5 Å². The summed E-state index contributed by atoms with van der Waals surface area (Å²) in [6.07, 6.45) is -0.0452. The zero-order chi connectivity index (χ0) is 8.39. The maximum atomic E-state index is 5.43. The number of halogens is 1. The molecule has 0 spiro atoms. The minimum atomic E-state index is -0.0452. The van der Waals surface area contributed by atoms with Gasteiger partial charge in [0.15, 0.2) is 0 Å². The molecule has 1 aliphatic heterocycles. The van der Waals surface area contributed by atoms with Crippen LogP contribution in [0.15, 0.2) is 4.52 Å². The molecule has 1 N–H and O–H groups in total. The Morgan fingerprint density at radius 2 is 2.38 bits per heavy atom. The molecule has 6 heteroatoms. The smallest absolute Gasteiger partial charge is 0.223 e. The van der Waals surface area contributed by atoms with Crippen LogP contribution in [0.25, 0.3) is 0 Å². The summed E-state index contributed by atoms with van der Waals surface area (Å²) < 4.78 is 10.3. The highest BCUT2D eigenvalue weighted by molar-refractivity contribution is 5.85. The first-order valence-corrected chi connectivity index (χ1v) is 3.99. The highest BCUT2D eigenvalue weighted by Crippen LogP contribution is 2.14. The third-order valence-electron chi connectivity index (χ3n) is 1.76. The number of aromatic nitrogens is 2. The van der Waals surface area contributed by atoms with Crippen molar-refractivity contribution in [2.75, 3.05) is 19.7 Å². The molecule has 2 heterocycles. The number of rotatable bonds is 1. The third-order valence-corrected chi connectivity index (χ3v) is 1.76. The van der Waals surface area contributed by atoms with Crippen LogP contribution in [-0.2, 0) is 4.74 Å². The van der Waals surface area contributed by atoms with Crippen LogP contribution in [0.3, 0.4) is 0 Å². The molecule has 1 fully saturated rings. The zero-order valence-corrected chi connectivity index (χ0v) is 8.13. The van der Waals surface area contributed by atoms with Crippen molar-refractivity contribution in [1.29, 1.82) is 0 Å². The van der Waals surface area contributed by atoms with Gasteiger partial charge in [-0.1, -0.05) is 5.16 Å². The molecular formula is C7H12ClN3O2. The third kappa shape index (κ3) is 2.40. The lowest BCUT2D eigenvalue weighted by Crippen LogP contribution is -2.33. The maximum absolute atomic E-state index is 5.43. The molecule has 13 heavy (non-hydrogen) atoms. The van der Waals surface area contributed by atoms with Gasteiger partial charge < -0.3 is 14.6 Å². The quantitative estimate of drug-likeness (QED) is 0.722. The van der Waals surface area contributed by atoms with E-state index in [1.165, 1.54) is 0 Å². The van der Waals surface area contributed by atoms with Crippen LogP contribution in [0.1, 0.15) is 17.8 Å². The van der Waals surface area contributed by atoms with E-state index in [0.29, 0.717) is 18.3 Å². The Labute approximate surface area is 82.3 Å². The molecule has 1 aromatic rings. The molecule has 1 saturated heterocycles. The van der Waals surface area contributed by atoms with Crippen molar-refractivity contribution < 1.29 is 9.26 Å². The fraction of sp³-hybridized carbons (Fsp3) is 0.714. The summed E-state index contributed by atoms with van der Waals surface area (Å²) in [5.74, 6) is 1.22. The van der Waals surface area contributed by atoms with Crippen molar-refractivity contribution in [3.05, 3.63) is 11.7 Å². The van der Waals surface area contributed by atoms with Gasteiger partial charge in [0.1, 0.15) is 6.10 Å². The summed E-state index contributed by atoms with van der Waals surface area (Å²) in [5, 5.41) is 6.98. The van der Waals surface area contributed by atoms with Crippen molar-refractivity contribution in [3.8, 4) is 0 Å². The van der Waals surface area contributed by atoms with Crippen LogP contribution in [0, 0.1) is 6.92 Å². The monoisotopic (exact) mass is 205 g/mol. The second-order valence-corrected chi connectivity index (χ2v) is 2.74. The summed E-state index contributed by atoms with van der Waals surface area (Å²) in [5.41, 5.74) is 0.